The van der Waals surface area contributed by atoms with E-state index in [1.165, 1.54) is 0 Å². The van der Waals surface area contributed by atoms with E-state index in [0.717, 1.165) is 0 Å². The number of ether oxygens (including phenoxy) is 1. The van der Waals surface area contributed by atoms with Crippen LogP contribution in [0.1, 0.15) is 16.8 Å². The maximum Gasteiger partial charge on any atom is 0.193 e. The largest absolute Gasteiger partial charge is 0.497 e. The summed E-state index contributed by atoms with van der Waals surface area (Å²) in [7, 11) is 1.55. The molecule has 1 aromatic carbocycles. The van der Waals surface area contributed by atoms with E-state index in [4.69, 9.17) is 4.74 Å². The van der Waals surface area contributed by atoms with Crippen LogP contribution < -0.4 is 4.74 Å². The van der Waals surface area contributed by atoms with Gasteiger partial charge in [-0.3, -0.25) is 9.59 Å². The number of Topliss-reactive ketones (excluding diaryl/α,β-unsaturated/α-hetero) is 1. The first kappa shape index (κ1) is 10.8. The molecule has 1 aromatic rings. The van der Waals surface area contributed by atoms with Crippen LogP contribution in [-0.2, 0) is 4.79 Å². The van der Waals surface area contributed by atoms with Crippen molar-refractivity contribution in [3.63, 3.8) is 0 Å². The van der Waals surface area contributed by atoms with Crippen LogP contribution in [0.15, 0.2) is 24.3 Å². The minimum absolute atomic E-state index is 0.171. The van der Waals surface area contributed by atoms with Gasteiger partial charge in [-0.25, -0.2) is 0 Å². The molecule has 0 aromatic heterocycles. The quantitative estimate of drug-likeness (QED) is 0.467. The zero-order chi connectivity index (χ0) is 10.6. The fourth-order valence-electron chi connectivity index (χ4n) is 1.02. The molecule has 0 N–H and O–H groups in total. The van der Waals surface area contributed by atoms with Crippen molar-refractivity contribution in [2.24, 2.45) is 0 Å². The molecular formula is C10H10O3S. The van der Waals surface area contributed by atoms with Crippen LogP contribution in [0.5, 0.6) is 5.75 Å². The van der Waals surface area contributed by atoms with Crippen LogP contribution in [0, 0.1) is 0 Å². The SMILES string of the molecule is COc1ccc(C(=O)CC(=O)S)cc1. The molecule has 0 aliphatic rings. The highest BCUT2D eigenvalue weighted by molar-refractivity contribution is 7.96. The van der Waals surface area contributed by atoms with Crippen molar-refractivity contribution in [2.45, 2.75) is 6.42 Å². The molecule has 0 bridgehead atoms. The zero-order valence-electron chi connectivity index (χ0n) is 7.69. The number of methoxy groups -OCH3 is 1. The molecule has 0 fully saturated rings. The van der Waals surface area contributed by atoms with Crippen LogP contribution in [-0.4, -0.2) is 18.0 Å². The Hall–Kier alpha value is -1.29. The Labute approximate surface area is 87.5 Å². The third kappa shape index (κ3) is 2.88. The smallest absolute Gasteiger partial charge is 0.193 e. The van der Waals surface area contributed by atoms with E-state index in [-0.39, 0.29) is 12.2 Å². The fourth-order valence-corrected chi connectivity index (χ4v) is 1.16. The van der Waals surface area contributed by atoms with Crippen LogP contribution in [0.2, 0.25) is 0 Å². The molecule has 14 heavy (non-hydrogen) atoms. The fraction of sp³-hybridized carbons (Fsp3) is 0.200. The highest BCUT2D eigenvalue weighted by atomic mass is 32.1. The summed E-state index contributed by atoms with van der Waals surface area (Å²) >= 11 is 3.54. The Kier molecular flexibility index (Phi) is 3.71. The number of thiol groups is 1. The summed E-state index contributed by atoms with van der Waals surface area (Å²) < 4.78 is 4.94. The molecule has 1 rings (SSSR count). The lowest BCUT2D eigenvalue weighted by molar-refractivity contribution is -0.110. The molecule has 0 aliphatic heterocycles. The highest BCUT2D eigenvalue weighted by Crippen LogP contribution is 2.12. The molecule has 0 saturated heterocycles. The maximum atomic E-state index is 11.3. The molecule has 0 amide bonds. The van der Waals surface area contributed by atoms with Crippen LogP contribution in [0.3, 0.4) is 0 Å². The lowest BCUT2D eigenvalue weighted by Crippen LogP contribution is -2.03. The summed E-state index contributed by atoms with van der Waals surface area (Å²) in [6, 6.07) is 6.60. The number of ketones is 1. The first-order chi connectivity index (χ1) is 6.63. The van der Waals surface area contributed by atoms with Gasteiger partial charge in [0.05, 0.1) is 13.5 Å². The van der Waals surface area contributed by atoms with Crippen molar-refractivity contribution in [3.8, 4) is 5.75 Å². The van der Waals surface area contributed by atoms with Gasteiger partial charge in [0.1, 0.15) is 5.75 Å². The topological polar surface area (TPSA) is 43.4 Å². The highest BCUT2D eigenvalue weighted by Gasteiger charge is 2.08. The Balaban J connectivity index is 2.76. The van der Waals surface area contributed by atoms with Crippen molar-refractivity contribution in [3.05, 3.63) is 29.8 Å². The first-order valence-corrected chi connectivity index (χ1v) is 4.47. The molecule has 0 unspecified atom stereocenters. The minimum atomic E-state index is -0.425. The average Bonchev–Trinajstić information content (AvgIpc) is 2.17. The summed E-state index contributed by atoms with van der Waals surface area (Å²) in [4.78, 5) is 21.9. The lowest BCUT2D eigenvalue weighted by atomic mass is 10.1. The summed E-state index contributed by atoms with van der Waals surface area (Å²) in [5.41, 5.74) is 0.494. The summed E-state index contributed by atoms with van der Waals surface area (Å²) in [6.07, 6.45) is -0.171. The van der Waals surface area contributed by atoms with Crippen molar-refractivity contribution in [2.75, 3.05) is 7.11 Å². The second-order valence-electron chi connectivity index (χ2n) is 2.72. The number of carbonyl (C=O) groups excluding carboxylic acids is 2. The standard InChI is InChI=1S/C10H10O3S/c1-13-8-4-2-7(3-5-8)9(11)6-10(12)14/h2-5H,6H2,1H3,(H,12,14). The molecule has 0 spiro atoms. The molecule has 0 saturated carbocycles. The maximum absolute atomic E-state index is 11.3. The van der Waals surface area contributed by atoms with E-state index in [1.54, 1.807) is 31.4 Å². The third-order valence-electron chi connectivity index (χ3n) is 1.72. The third-order valence-corrected chi connectivity index (χ3v) is 1.88. The lowest BCUT2D eigenvalue weighted by Gasteiger charge is -2.00. The molecule has 74 valence electrons. The van der Waals surface area contributed by atoms with Gasteiger partial charge >= 0.3 is 0 Å². The van der Waals surface area contributed by atoms with Gasteiger partial charge in [0.25, 0.3) is 0 Å². The molecule has 0 radical (unpaired) electrons. The zero-order valence-corrected chi connectivity index (χ0v) is 8.58. The van der Waals surface area contributed by atoms with Gasteiger partial charge in [-0.15, -0.1) is 12.6 Å². The second-order valence-corrected chi connectivity index (χ2v) is 3.22. The number of benzene rings is 1. The van der Waals surface area contributed by atoms with E-state index in [2.05, 4.69) is 12.6 Å². The number of hydrogen-bond donors (Lipinski definition) is 1. The van der Waals surface area contributed by atoms with Crippen LogP contribution in [0.4, 0.5) is 0 Å². The van der Waals surface area contributed by atoms with E-state index in [0.29, 0.717) is 11.3 Å². The molecule has 4 heteroatoms. The van der Waals surface area contributed by atoms with E-state index >= 15 is 0 Å². The minimum Gasteiger partial charge on any atom is -0.497 e. The Morgan fingerprint density at radius 1 is 1.29 bits per heavy atom. The van der Waals surface area contributed by atoms with Gasteiger partial charge in [0, 0.05) is 5.56 Å². The van der Waals surface area contributed by atoms with Gasteiger partial charge in [-0.2, -0.15) is 0 Å². The van der Waals surface area contributed by atoms with Crippen molar-refractivity contribution in [1.29, 1.82) is 0 Å². The Morgan fingerprint density at radius 2 is 1.86 bits per heavy atom. The number of rotatable bonds is 4. The molecule has 0 heterocycles. The van der Waals surface area contributed by atoms with Crippen molar-refractivity contribution >= 4 is 23.5 Å². The van der Waals surface area contributed by atoms with Gasteiger partial charge in [0.15, 0.2) is 10.9 Å². The average molecular weight is 210 g/mol. The van der Waals surface area contributed by atoms with Gasteiger partial charge in [0.2, 0.25) is 0 Å². The van der Waals surface area contributed by atoms with Crippen molar-refractivity contribution in [1.82, 2.24) is 0 Å². The van der Waals surface area contributed by atoms with E-state index < -0.39 is 5.12 Å². The van der Waals surface area contributed by atoms with Crippen LogP contribution in [0.25, 0.3) is 0 Å². The summed E-state index contributed by atoms with van der Waals surface area (Å²) in [6.45, 7) is 0. The monoisotopic (exact) mass is 210 g/mol. The summed E-state index contributed by atoms with van der Waals surface area (Å²) in [5, 5.41) is -0.425. The Morgan fingerprint density at radius 3 is 2.29 bits per heavy atom. The second kappa shape index (κ2) is 4.81. The van der Waals surface area contributed by atoms with Gasteiger partial charge in [-0.05, 0) is 24.3 Å². The predicted molar refractivity (Wildman–Crippen MR) is 55.9 cm³/mol. The van der Waals surface area contributed by atoms with Crippen molar-refractivity contribution < 1.29 is 14.3 Å². The number of carbonyl (C=O) groups is 2. The van der Waals surface area contributed by atoms with E-state index in [1.807, 2.05) is 0 Å². The van der Waals surface area contributed by atoms with Crippen LogP contribution >= 0.6 is 12.6 Å². The van der Waals surface area contributed by atoms with Gasteiger partial charge < -0.3 is 4.74 Å². The molecule has 0 aliphatic carbocycles. The van der Waals surface area contributed by atoms with Gasteiger partial charge in [-0.1, -0.05) is 0 Å². The summed E-state index contributed by atoms with van der Waals surface area (Å²) in [5.74, 6) is 0.450. The first-order valence-electron chi connectivity index (χ1n) is 4.02. The molecule has 3 nitrogen and oxygen atoms in total. The van der Waals surface area contributed by atoms with E-state index in [9.17, 15) is 9.59 Å². The number of hydrogen-bond acceptors (Lipinski definition) is 3. The Bertz CT molecular complexity index is 343. The molecule has 0 atom stereocenters. The molecular weight excluding hydrogens is 200 g/mol. The predicted octanol–water partition coefficient (Wildman–Crippen LogP) is 1.72. The normalized spacial score (nSPS) is 9.57.